The van der Waals surface area contributed by atoms with E-state index >= 15 is 0 Å². The van der Waals surface area contributed by atoms with Crippen LogP contribution in [0.4, 0.5) is 0 Å². The average molecular weight is 1260 g/mol. The first-order valence-electron chi connectivity index (χ1n) is 29.7. The van der Waals surface area contributed by atoms with Crippen LogP contribution in [0.25, 0.3) is 0 Å². The molecule has 0 aromatic carbocycles. The molecule has 5 aliphatic rings. The molecule has 28 heteroatoms. The molecule has 5 heterocycles. The monoisotopic (exact) mass is 1260 g/mol. The van der Waals surface area contributed by atoms with Gasteiger partial charge in [-0.25, -0.2) is 0 Å². The normalized spacial score (nSPS) is 44.7. The van der Waals surface area contributed by atoms with Crippen molar-refractivity contribution in [1.29, 1.82) is 0 Å². The van der Waals surface area contributed by atoms with E-state index < -0.39 is 228 Å². The number of aliphatic hydroxyl groups excluding tert-OH is 15. The SMILES string of the molecule is COC(=O)C1C2C[C@@H](OC3O[C@H](C)[C@@H](O)[C@H](NC[C@@]4(O)OC[C@@H](O)[C@@H](OC5O[C@H](CO)[C@H](O)[C@H](O)[C@H]5O)[C@@H]4O)[C@@H]3O)C=CC=CC=CC=CC=CC=CC=C[C@H](C)[C@@H](O)C(C)[C@H](C)OC(=O)C[C@H](O)C[C@H](O)CC[C@@H](O)[C@H](O)C[C@H](O)C[C@](O)(C[C@@H]1O)O2. The van der Waals surface area contributed by atoms with Gasteiger partial charge in [0.2, 0.25) is 5.79 Å². The topological polar surface area (TPSA) is 464 Å². The molecule has 4 fully saturated rings. The Bertz CT molecular complexity index is 2340. The second kappa shape index (κ2) is 35.3. The third-order valence-corrected chi connectivity index (χ3v) is 16.5. The Balaban J connectivity index is 1.38. The molecular weight excluding hydrogens is 1170 g/mol. The van der Waals surface area contributed by atoms with Crippen LogP contribution in [-0.2, 0) is 47.5 Å². The van der Waals surface area contributed by atoms with Crippen molar-refractivity contribution in [1.82, 2.24) is 5.32 Å². The standard InChI is InChI=1S/C60H95NO27/c1-31-18-16-14-12-10-8-6-7-9-11-13-15-17-19-38(85-57-51(74)47(49(72)34(4)84-57)61-30-60(80)55(77)54(42(69)29-82-60)87-58-53(76)52(75)50(73)44(28-62)86-58)25-43-46(56(78)81-5)41(68)27-59(79,88-43)26-37(65)23-40(67)39(66)21-20-35(63)22-36(64)24-45(70)83-33(3)32(2)48(31)71/h6-19,31-44,46-55,57-58,61-69,71-77,79-80H,20-30H2,1-5H3/t31-,32?,33-,34+,35+,36+,37-,38-,39+,40+,41-,42+,43?,44+,46?,47-,48+,49+,50-,51-,52-,53+,54+,55-,57?,58?,59+,60+/m0/s1. The summed E-state index contributed by atoms with van der Waals surface area (Å²) in [4.78, 5) is 26.1. The van der Waals surface area contributed by atoms with Gasteiger partial charge in [-0.2, -0.15) is 0 Å². The Labute approximate surface area is 511 Å². The van der Waals surface area contributed by atoms with Crippen LogP contribution in [-0.4, -0.2) is 278 Å². The van der Waals surface area contributed by atoms with Crippen LogP contribution in [0.2, 0.25) is 0 Å². The highest BCUT2D eigenvalue weighted by Crippen LogP contribution is 2.39. The molecular formula is C60H95NO27. The predicted octanol–water partition coefficient (Wildman–Crippen LogP) is -3.94. The molecule has 0 radical (unpaired) electrons. The van der Waals surface area contributed by atoms with Crippen LogP contribution in [0.3, 0.4) is 0 Å². The summed E-state index contributed by atoms with van der Waals surface area (Å²) in [5, 5.41) is 189. The maximum Gasteiger partial charge on any atom is 0.313 e. The molecule has 0 aromatic heterocycles. The van der Waals surface area contributed by atoms with E-state index in [1.807, 2.05) is 6.92 Å². The maximum atomic E-state index is 13.4. The number of methoxy groups -OCH3 is 1. The van der Waals surface area contributed by atoms with Gasteiger partial charge < -0.3 is 130 Å². The first-order valence-corrected chi connectivity index (χ1v) is 29.7. The smallest absolute Gasteiger partial charge is 0.313 e. The molecule has 2 bridgehead atoms. The Hall–Kier alpha value is -3.84. The summed E-state index contributed by atoms with van der Waals surface area (Å²) in [6.07, 6.45) is -14.0. The number of cyclic esters (lactones) is 1. The van der Waals surface area contributed by atoms with Crippen LogP contribution in [0.5, 0.6) is 0 Å². The second-order valence-corrected chi connectivity index (χ2v) is 23.5. The number of fused-ring (bicyclic) bond motifs is 2. The van der Waals surface area contributed by atoms with Crippen molar-refractivity contribution in [2.75, 3.05) is 26.9 Å². The number of carbonyl (C=O) groups excluding carboxylic acids is 2. The van der Waals surface area contributed by atoms with E-state index in [2.05, 4.69) is 5.32 Å². The summed E-state index contributed by atoms with van der Waals surface area (Å²) in [5.41, 5.74) is 0. The van der Waals surface area contributed by atoms with E-state index in [1.54, 1.807) is 86.8 Å². The number of rotatable bonds is 9. The van der Waals surface area contributed by atoms with E-state index in [1.165, 1.54) is 19.1 Å². The zero-order valence-corrected chi connectivity index (χ0v) is 50.1. The summed E-state index contributed by atoms with van der Waals surface area (Å²) in [6.45, 7) is 4.26. The Kier molecular flexibility index (Phi) is 30.0. The first kappa shape index (κ1) is 74.9. The molecule has 0 amide bonds. The van der Waals surface area contributed by atoms with Gasteiger partial charge in [0.1, 0.15) is 60.9 Å². The number of hydrogen-bond donors (Lipinski definition) is 18. The van der Waals surface area contributed by atoms with Gasteiger partial charge in [-0.1, -0.05) is 98.9 Å². The van der Waals surface area contributed by atoms with E-state index in [0.717, 1.165) is 7.11 Å². The fourth-order valence-corrected chi connectivity index (χ4v) is 11.1. The Morgan fingerprint density at radius 2 is 1.22 bits per heavy atom. The maximum absolute atomic E-state index is 13.4. The molecule has 4 saturated heterocycles. The number of esters is 2. The van der Waals surface area contributed by atoms with Gasteiger partial charge in [0.15, 0.2) is 18.4 Å². The molecule has 502 valence electrons. The van der Waals surface area contributed by atoms with Gasteiger partial charge in [-0.3, -0.25) is 9.59 Å². The van der Waals surface area contributed by atoms with Gasteiger partial charge in [-0.05, 0) is 33.1 Å². The van der Waals surface area contributed by atoms with Crippen LogP contribution >= 0.6 is 0 Å². The van der Waals surface area contributed by atoms with E-state index in [-0.39, 0.29) is 25.2 Å². The number of aliphatic hydroxyl groups is 17. The molecule has 5 rings (SSSR count). The summed E-state index contributed by atoms with van der Waals surface area (Å²) >= 11 is 0. The zero-order valence-electron chi connectivity index (χ0n) is 50.1. The third kappa shape index (κ3) is 21.4. The van der Waals surface area contributed by atoms with Crippen LogP contribution in [0.1, 0.15) is 79.1 Å². The van der Waals surface area contributed by atoms with Gasteiger partial charge in [0.25, 0.3) is 0 Å². The number of carbonyl (C=O) groups is 2. The zero-order chi connectivity index (χ0) is 65.2. The van der Waals surface area contributed by atoms with Crippen molar-refractivity contribution >= 4 is 11.9 Å². The van der Waals surface area contributed by atoms with Gasteiger partial charge in [0, 0.05) is 37.5 Å². The van der Waals surface area contributed by atoms with Crippen LogP contribution in [0, 0.1) is 17.8 Å². The number of ether oxygens (including phenoxy) is 8. The van der Waals surface area contributed by atoms with Crippen molar-refractivity contribution in [3.63, 3.8) is 0 Å². The lowest BCUT2D eigenvalue weighted by molar-refractivity contribution is -0.368. The lowest BCUT2D eigenvalue weighted by Crippen LogP contribution is -2.70. The molecule has 28 nitrogen and oxygen atoms in total. The molecule has 5 unspecified atom stereocenters. The van der Waals surface area contributed by atoms with Crippen molar-refractivity contribution in [2.24, 2.45) is 17.8 Å². The van der Waals surface area contributed by atoms with E-state index in [4.69, 9.17) is 37.9 Å². The highest BCUT2D eigenvalue weighted by atomic mass is 16.7. The average Bonchev–Trinajstić information content (AvgIpc) is 1.79. The summed E-state index contributed by atoms with van der Waals surface area (Å²) in [7, 11) is 1.06. The van der Waals surface area contributed by atoms with E-state index in [0.29, 0.717) is 0 Å². The van der Waals surface area contributed by atoms with Crippen molar-refractivity contribution < 1.29 is 134 Å². The highest BCUT2D eigenvalue weighted by Gasteiger charge is 2.55. The lowest BCUT2D eigenvalue weighted by atomic mass is 9.82. The molecule has 5 aliphatic heterocycles. The second-order valence-electron chi connectivity index (χ2n) is 23.5. The lowest BCUT2D eigenvalue weighted by Gasteiger charge is -2.48. The van der Waals surface area contributed by atoms with Gasteiger partial charge in [-0.15, -0.1) is 0 Å². The van der Waals surface area contributed by atoms with Crippen LogP contribution < -0.4 is 5.32 Å². The largest absolute Gasteiger partial charge is 0.469 e. The molecule has 0 aromatic rings. The van der Waals surface area contributed by atoms with Gasteiger partial charge in [0.05, 0.1) is 106 Å². The van der Waals surface area contributed by atoms with Gasteiger partial charge >= 0.3 is 11.9 Å². The molecule has 88 heavy (non-hydrogen) atoms. The Morgan fingerprint density at radius 3 is 1.83 bits per heavy atom. The summed E-state index contributed by atoms with van der Waals surface area (Å²) < 4.78 is 45.3. The highest BCUT2D eigenvalue weighted by molar-refractivity contribution is 5.74. The molecule has 0 aliphatic carbocycles. The van der Waals surface area contributed by atoms with Crippen LogP contribution in [0.15, 0.2) is 85.1 Å². The molecule has 0 saturated carbocycles. The summed E-state index contributed by atoms with van der Waals surface area (Å²) in [5.74, 6) is -9.14. The fourth-order valence-electron chi connectivity index (χ4n) is 11.1. The minimum Gasteiger partial charge on any atom is -0.469 e. The van der Waals surface area contributed by atoms with Crippen molar-refractivity contribution in [3.8, 4) is 0 Å². The minimum absolute atomic E-state index is 0.155. The quantitative estimate of drug-likeness (QED) is 0.0980. The van der Waals surface area contributed by atoms with E-state index in [9.17, 15) is 96.4 Å². The fraction of sp³-hybridized carbons (Fsp3) is 0.733. The number of allylic oxidation sites excluding steroid dienone is 12. The number of hydrogen-bond acceptors (Lipinski definition) is 28. The van der Waals surface area contributed by atoms with Crippen molar-refractivity contribution in [2.45, 2.75) is 231 Å². The minimum atomic E-state index is -2.67. The molecule has 0 spiro atoms. The molecule has 18 N–H and O–H groups in total. The molecule has 28 atom stereocenters. The predicted molar refractivity (Wildman–Crippen MR) is 307 cm³/mol. The third-order valence-electron chi connectivity index (χ3n) is 16.5. The number of nitrogens with one attached hydrogen (secondary N) is 1. The summed E-state index contributed by atoms with van der Waals surface area (Å²) in [6, 6.07) is -1.47. The Morgan fingerprint density at radius 1 is 0.614 bits per heavy atom. The first-order chi connectivity index (χ1) is 41.5. The van der Waals surface area contributed by atoms with Crippen molar-refractivity contribution in [3.05, 3.63) is 85.1 Å².